The summed E-state index contributed by atoms with van der Waals surface area (Å²) in [7, 11) is 0. The van der Waals surface area contributed by atoms with E-state index in [0.717, 1.165) is 22.8 Å². The first-order chi connectivity index (χ1) is 11.8. The Hall–Kier alpha value is -3.14. The third-order valence-electron chi connectivity index (χ3n) is 3.53. The summed E-state index contributed by atoms with van der Waals surface area (Å²) >= 11 is 0. The lowest BCUT2D eigenvalue weighted by molar-refractivity contribution is 0.342. The quantitative estimate of drug-likeness (QED) is 0.541. The molecule has 24 heavy (non-hydrogen) atoms. The zero-order valence-corrected chi connectivity index (χ0v) is 13.5. The van der Waals surface area contributed by atoms with Crippen LogP contribution in [-0.4, -0.2) is 11.7 Å². The van der Waals surface area contributed by atoms with Crippen LogP contribution < -0.4 is 15.4 Å². The Morgan fingerprint density at radius 3 is 1.92 bits per heavy atom. The molecule has 0 saturated heterocycles. The van der Waals surface area contributed by atoms with Crippen LogP contribution in [0.2, 0.25) is 0 Å². The van der Waals surface area contributed by atoms with Crippen molar-refractivity contribution in [3.8, 4) is 11.5 Å². The van der Waals surface area contributed by atoms with Gasteiger partial charge in [-0.1, -0.05) is 24.3 Å². The maximum absolute atomic E-state index is 9.81. The van der Waals surface area contributed by atoms with E-state index >= 15 is 0 Å². The van der Waals surface area contributed by atoms with Crippen LogP contribution >= 0.6 is 0 Å². The van der Waals surface area contributed by atoms with Crippen LogP contribution in [0.15, 0.2) is 72.8 Å². The van der Waals surface area contributed by atoms with E-state index in [1.54, 1.807) is 12.1 Å². The van der Waals surface area contributed by atoms with Crippen molar-refractivity contribution in [3.63, 3.8) is 0 Å². The van der Waals surface area contributed by atoms with Crippen molar-refractivity contribution in [2.24, 2.45) is 0 Å². The molecular formula is C20H20N2O2. The zero-order chi connectivity index (χ0) is 16.8. The van der Waals surface area contributed by atoms with Crippen molar-refractivity contribution in [1.82, 2.24) is 0 Å². The standard InChI is InChI=1S/C20H20N2O2/c1-2-24-20-10-6-4-8-18(20)22-16-13-11-15(12-14-16)21-17-7-3-5-9-19(17)23/h3-14,21-23H,2H2,1H3. The second kappa shape index (κ2) is 7.42. The SMILES string of the molecule is CCOc1ccccc1Nc1ccc(Nc2ccccc2O)cc1. The first-order valence-corrected chi connectivity index (χ1v) is 7.90. The molecule has 0 bridgehead atoms. The molecule has 4 nitrogen and oxygen atoms in total. The lowest BCUT2D eigenvalue weighted by atomic mass is 10.2. The van der Waals surface area contributed by atoms with Gasteiger partial charge in [-0.25, -0.2) is 0 Å². The molecule has 0 fully saturated rings. The molecule has 0 unspecified atom stereocenters. The van der Waals surface area contributed by atoms with Gasteiger partial charge in [0.05, 0.1) is 18.0 Å². The molecule has 3 rings (SSSR count). The summed E-state index contributed by atoms with van der Waals surface area (Å²) < 4.78 is 5.62. The number of hydrogen-bond acceptors (Lipinski definition) is 4. The average molecular weight is 320 g/mol. The fourth-order valence-electron chi connectivity index (χ4n) is 2.38. The monoisotopic (exact) mass is 320 g/mol. The number of phenolic OH excluding ortho intramolecular Hbond substituents is 1. The van der Waals surface area contributed by atoms with Gasteiger partial charge in [0, 0.05) is 11.4 Å². The predicted octanol–water partition coefficient (Wildman–Crippen LogP) is 5.28. The molecule has 0 amide bonds. The first kappa shape index (κ1) is 15.7. The van der Waals surface area contributed by atoms with Crippen LogP contribution in [0.4, 0.5) is 22.7 Å². The van der Waals surface area contributed by atoms with Gasteiger partial charge in [-0.2, -0.15) is 0 Å². The van der Waals surface area contributed by atoms with Gasteiger partial charge in [-0.15, -0.1) is 0 Å². The van der Waals surface area contributed by atoms with Crippen molar-refractivity contribution >= 4 is 22.7 Å². The van der Waals surface area contributed by atoms with Crippen molar-refractivity contribution in [2.75, 3.05) is 17.2 Å². The minimum absolute atomic E-state index is 0.227. The highest BCUT2D eigenvalue weighted by atomic mass is 16.5. The normalized spacial score (nSPS) is 10.2. The lowest BCUT2D eigenvalue weighted by Gasteiger charge is -2.13. The number of para-hydroxylation sites is 4. The number of rotatable bonds is 6. The van der Waals surface area contributed by atoms with E-state index in [2.05, 4.69) is 10.6 Å². The maximum atomic E-state index is 9.81. The Kier molecular flexibility index (Phi) is 4.87. The van der Waals surface area contributed by atoms with Crippen molar-refractivity contribution < 1.29 is 9.84 Å². The van der Waals surface area contributed by atoms with Crippen LogP contribution in [0.3, 0.4) is 0 Å². The summed E-state index contributed by atoms with van der Waals surface area (Å²) in [4.78, 5) is 0. The molecule has 0 aliphatic rings. The molecule has 3 aromatic carbocycles. The van der Waals surface area contributed by atoms with Crippen molar-refractivity contribution in [2.45, 2.75) is 6.92 Å². The smallest absolute Gasteiger partial charge is 0.142 e. The van der Waals surface area contributed by atoms with E-state index in [1.165, 1.54) is 0 Å². The topological polar surface area (TPSA) is 53.5 Å². The van der Waals surface area contributed by atoms with E-state index < -0.39 is 0 Å². The van der Waals surface area contributed by atoms with Crippen LogP contribution in [0.5, 0.6) is 11.5 Å². The summed E-state index contributed by atoms with van der Waals surface area (Å²) in [5, 5.41) is 16.4. The van der Waals surface area contributed by atoms with Gasteiger partial charge in [0.2, 0.25) is 0 Å². The Labute approximate surface area is 141 Å². The molecule has 0 heterocycles. The van der Waals surface area contributed by atoms with Gasteiger partial charge in [-0.3, -0.25) is 0 Å². The lowest BCUT2D eigenvalue weighted by Crippen LogP contribution is -1.97. The predicted molar refractivity (Wildman–Crippen MR) is 98.7 cm³/mol. The van der Waals surface area contributed by atoms with E-state index in [-0.39, 0.29) is 5.75 Å². The molecule has 0 atom stereocenters. The number of phenols is 1. The number of anilines is 4. The minimum Gasteiger partial charge on any atom is -0.506 e. The summed E-state index contributed by atoms with van der Waals surface area (Å²) in [6, 6.07) is 22.9. The van der Waals surface area contributed by atoms with Gasteiger partial charge < -0.3 is 20.5 Å². The van der Waals surface area contributed by atoms with Gasteiger partial charge in [-0.05, 0) is 55.5 Å². The Morgan fingerprint density at radius 1 is 0.750 bits per heavy atom. The molecule has 4 heteroatoms. The number of ether oxygens (including phenoxy) is 1. The minimum atomic E-state index is 0.227. The molecule has 3 N–H and O–H groups in total. The van der Waals surface area contributed by atoms with Crippen LogP contribution in [0.25, 0.3) is 0 Å². The molecule has 0 saturated carbocycles. The number of aromatic hydroxyl groups is 1. The summed E-state index contributed by atoms with van der Waals surface area (Å²) in [6.45, 7) is 2.60. The fourth-order valence-corrected chi connectivity index (χ4v) is 2.38. The molecule has 3 aromatic rings. The second-order valence-corrected chi connectivity index (χ2v) is 5.27. The Morgan fingerprint density at radius 2 is 1.29 bits per heavy atom. The largest absolute Gasteiger partial charge is 0.506 e. The summed E-state index contributed by atoms with van der Waals surface area (Å²) in [5.74, 6) is 1.06. The maximum Gasteiger partial charge on any atom is 0.142 e. The third-order valence-corrected chi connectivity index (χ3v) is 3.53. The van der Waals surface area contributed by atoms with E-state index in [1.807, 2.05) is 67.6 Å². The van der Waals surface area contributed by atoms with Gasteiger partial charge in [0.1, 0.15) is 11.5 Å². The van der Waals surface area contributed by atoms with Crippen LogP contribution in [0, 0.1) is 0 Å². The van der Waals surface area contributed by atoms with Crippen LogP contribution in [0.1, 0.15) is 6.92 Å². The Bertz CT molecular complexity index is 801. The molecule has 0 aliphatic carbocycles. The average Bonchev–Trinajstić information content (AvgIpc) is 2.61. The summed E-state index contributed by atoms with van der Waals surface area (Å²) in [6.07, 6.45) is 0. The van der Waals surface area contributed by atoms with Gasteiger partial charge in [0.25, 0.3) is 0 Å². The third kappa shape index (κ3) is 3.79. The molecular weight excluding hydrogens is 300 g/mol. The molecule has 0 aromatic heterocycles. The highest BCUT2D eigenvalue weighted by Crippen LogP contribution is 2.29. The number of hydrogen-bond donors (Lipinski definition) is 3. The Balaban J connectivity index is 1.72. The second-order valence-electron chi connectivity index (χ2n) is 5.27. The number of benzene rings is 3. The highest BCUT2D eigenvalue weighted by molar-refractivity contribution is 5.70. The van der Waals surface area contributed by atoms with E-state index in [4.69, 9.17) is 4.74 Å². The van der Waals surface area contributed by atoms with Crippen molar-refractivity contribution in [3.05, 3.63) is 72.8 Å². The first-order valence-electron chi connectivity index (χ1n) is 7.90. The highest BCUT2D eigenvalue weighted by Gasteiger charge is 2.04. The van der Waals surface area contributed by atoms with Crippen LogP contribution in [-0.2, 0) is 0 Å². The van der Waals surface area contributed by atoms with E-state index in [0.29, 0.717) is 12.3 Å². The van der Waals surface area contributed by atoms with Gasteiger partial charge >= 0.3 is 0 Å². The molecule has 0 aliphatic heterocycles. The van der Waals surface area contributed by atoms with E-state index in [9.17, 15) is 5.11 Å². The van der Waals surface area contributed by atoms with Gasteiger partial charge in [0.15, 0.2) is 0 Å². The molecule has 122 valence electrons. The molecule has 0 spiro atoms. The number of nitrogens with one attached hydrogen (secondary N) is 2. The zero-order valence-electron chi connectivity index (χ0n) is 13.5. The fraction of sp³-hybridized carbons (Fsp3) is 0.100. The summed E-state index contributed by atoms with van der Waals surface area (Å²) in [5.41, 5.74) is 3.48. The van der Waals surface area contributed by atoms with Crippen molar-refractivity contribution in [1.29, 1.82) is 0 Å². The molecule has 0 radical (unpaired) electrons.